The van der Waals surface area contributed by atoms with Gasteiger partial charge in [0.2, 0.25) is 10.0 Å². The maximum atomic E-state index is 12.6. The smallest absolute Gasteiger partial charge is 0.240 e. The molecule has 1 atom stereocenters. The molecule has 1 N–H and O–H groups in total. The van der Waals surface area contributed by atoms with E-state index >= 15 is 0 Å². The Morgan fingerprint density at radius 1 is 0.964 bits per heavy atom. The lowest BCUT2D eigenvalue weighted by atomic mass is 9.96. The molecule has 0 spiro atoms. The highest BCUT2D eigenvalue weighted by Crippen LogP contribution is 2.37. The fraction of sp³-hybridized carbons (Fsp3) is 0.455. The first-order chi connectivity index (χ1) is 13.0. The molecule has 6 heteroatoms. The number of hydrogen-bond donors (Lipinski definition) is 1. The second-order valence-electron chi connectivity index (χ2n) is 8.67. The monoisotopic (exact) mass is 419 g/mol. The van der Waals surface area contributed by atoms with Gasteiger partial charge in [0.05, 0.1) is 4.90 Å². The predicted octanol–water partition coefficient (Wildman–Crippen LogP) is 5.16. The topological polar surface area (TPSA) is 55.4 Å². The highest BCUT2D eigenvalue weighted by atomic mass is 32.2. The normalized spacial score (nSPS) is 14.0. The Hall–Kier alpha value is -1.47. The Kier molecular flexibility index (Phi) is 7.62. The standard InChI is InChI=1S/C22H33NO3SSi/c1-22(2,3)28(4,5)26-17-16-20(19-12-8-6-9-13-19)18-23-27(24,25)21-14-10-7-11-15-21/h6-15,20,23H,16-18H2,1-5H3. The molecule has 1 unspecified atom stereocenters. The van der Waals surface area contributed by atoms with Crippen LogP contribution in [0.1, 0.15) is 38.7 Å². The lowest BCUT2D eigenvalue weighted by Gasteiger charge is -2.36. The van der Waals surface area contributed by atoms with Crippen LogP contribution in [0.25, 0.3) is 0 Å². The van der Waals surface area contributed by atoms with E-state index in [-0.39, 0.29) is 11.0 Å². The number of rotatable bonds is 9. The van der Waals surface area contributed by atoms with E-state index in [0.29, 0.717) is 18.0 Å². The minimum absolute atomic E-state index is 0.0597. The van der Waals surface area contributed by atoms with Crippen LogP contribution in [0, 0.1) is 0 Å². The summed E-state index contributed by atoms with van der Waals surface area (Å²) in [7, 11) is -5.35. The van der Waals surface area contributed by atoms with Crippen molar-refractivity contribution >= 4 is 18.3 Å². The van der Waals surface area contributed by atoms with E-state index in [9.17, 15) is 8.42 Å². The van der Waals surface area contributed by atoms with Crippen molar-refractivity contribution in [3.05, 3.63) is 66.2 Å². The minimum Gasteiger partial charge on any atom is -0.417 e. The zero-order chi connectivity index (χ0) is 20.8. The molecule has 0 fully saturated rings. The molecule has 28 heavy (non-hydrogen) atoms. The van der Waals surface area contributed by atoms with Gasteiger partial charge in [-0.3, -0.25) is 0 Å². The van der Waals surface area contributed by atoms with E-state index in [0.717, 1.165) is 12.0 Å². The lowest BCUT2D eigenvalue weighted by Crippen LogP contribution is -2.41. The maximum absolute atomic E-state index is 12.6. The molecule has 0 saturated heterocycles. The van der Waals surface area contributed by atoms with Crippen LogP contribution < -0.4 is 4.72 Å². The zero-order valence-corrected chi connectivity index (χ0v) is 19.4. The summed E-state index contributed by atoms with van der Waals surface area (Å²) in [6.45, 7) is 12.1. The quantitative estimate of drug-likeness (QED) is 0.571. The van der Waals surface area contributed by atoms with Crippen molar-refractivity contribution in [3.63, 3.8) is 0 Å². The van der Waals surface area contributed by atoms with Crippen LogP contribution >= 0.6 is 0 Å². The molecular formula is C22H33NO3SSi. The van der Waals surface area contributed by atoms with Gasteiger partial charge < -0.3 is 4.43 Å². The summed E-state index contributed by atoms with van der Waals surface area (Å²) in [4.78, 5) is 0.291. The van der Waals surface area contributed by atoms with E-state index < -0.39 is 18.3 Å². The Bertz CT molecular complexity index is 831. The van der Waals surface area contributed by atoms with Gasteiger partial charge in [-0.15, -0.1) is 0 Å². The molecule has 0 radical (unpaired) electrons. The summed E-state index contributed by atoms with van der Waals surface area (Å²) in [6, 6.07) is 18.5. The van der Waals surface area contributed by atoms with Gasteiger partial charge in [-0.25, -0.2) is 13.1 Å². The number of benzene rings is 2. The van der Waals surface area contributed by atoms with E-state index in [4.69, 9.17) is 4.43 Å². The van der Waals surface area contributed by atoms with E-state index in [1.54, 1.807) is 24.3 Å². The molecule has 0 aromatic heterocycles. The third kappa shape index (κ3) is 6.27. The molecule has 0 amide bonds. The summed E-state index contributed by atoms with van der Waals surface area (Å²) in [5.74, 6) is 0.0597. The SMILES string of the molecule is CC(C)(C)[Si](C)(C)OCCC(CNS(=O)(=O)c1ccccc1)c1ccccc1. The Balaban J connectivity index is 2.07. The summed E-state index contributed by atoms with van der Waals surface area (Å²) in [6.07, 6.45) is 0.772. The van der Waals surface area contributed by atoms with Gasteiger partial charge in [-0.2, -0.15) is 0 Å². The van der Waals surface area contributed by atoms with Crippen molar-refractivity contribution in [3.8, 4) is 0 Å². The zero-order valence-electron chi connectivity index (χ0n) is 17.6. The molecule has 2 aromatic rings. The lowest BCUT2D eigenvalue weighted by molar-refractivity contribution is 0.271. The molecule has 0 aliphatic rings. The van der Waals surface area contributed by atoms with Crippen LogP contribution in [-0.2, 0) is 14.4 Å². The molecule has 2 aromatic carbocycles. The molecule has 0 saturated carbocycles. The Morgan fingerprint density at radius 3 is 2.04 bits per heavy atom. The van der Waals surface area contributed by atoms with Crippen molar-refractivity contribution < 1.29 is 12.8 Å². The third-order valence-corrected chi connectivity index (χ3v) is 11.6. The van der Waals surface area contributed by atoms with Crippen molar-refractivity contribution in [1.82, 2.24) is 4.72 Å². The van der Waals surface area contributed by atoms with Crippen molar-refractivity contribution in [2.24, 2.45) is 0 Å². The average Bonchev–Trinajstić information content (AvgIpc) is 2.65. The number of hydrogen-bond acceptors (Lipinski definition) is 3. The van der Waals surface area contributed by atoms with Gasteiger partial charge in [0.15, 0.2) is 8.32 Å². The molecule has 2 rings (SSSR count). The summed E-state index contributed by atoms with van der Waals surface area (Å²) in [5.41, 5.74) is 1.12. The van der Waals surface area contributed by atoms with Crippen molar-refractivity contribution in [1.29, 1.82) is 0 Å². The minimum atomic E-state index is -3.52. The first-order valence-corrected chi connectivity index (χ1v) is 14.2. The predicted molar refractivity (Wildman–Crippen MR) is 119 cm³/mol. The second kappa shape index (κ2) is 9.35. The van der Waals surface area contributed by atoms with Gasteiger partial charge in [-0.1, -0.05) is 69.3 Å². The average molecular weight is 420 g/mol. The Labute approximate surface area is 171 Å². The van der Waals surface area contributed by atoms with E-state index in [2.05, 4.69) is 38.6 Å². The number of nitrogens with one attached hydrogen (secondary N) is 1. The Morgan fingerprint density at radius 2 is 1.50 bits per heavy atom. The van der Waals surface area contributed by atoms with Crippen LogP contribution in [0.3, 0.4) is 0 Å². The van der Waals surface area contributed by atoms with Crippen LogP contribution in [0.2, 0.25) is 18.1 Å². The van der Waals surface area contributed by atoms with Gasteiger partial charge in [0, 0.05) is 13.2 Å². The first kappa shape index (κ1) is 22.8. The summed E-state index contributed by atoms with van der Waals surface area (Å²) < 4.78 is 34.3. The summed E-state index contributed by atoms with van der Waals surface area (Å²) >= 11 is 0. The largest absolute Gasteiger partial charge is 0.417 e. The van der Waals surface area contributed by atoms with Crippen LogP contribution in [0.4, 0.5) is 0 Å². The van der Waals surface area contributed by atoms with Crippen LogP contribution in [-0.4, -0.2) is 29.9 Å². The maximum Gasteiger partial charge on any atom is 0.240 e. The molecule has 0 bridgehead atoms. The van der Waals surface area contributed by atoms with Crippen LogP contribution in [0.5, 0.6) is 0 Å². The third-order valence-electron chi connectivity index (χ3n) is 5.58. The summed E-state index contributed by atoms with van der Waals surface area (Å²) in [5, 5.41) is 0.157. The molecule has 0 aliphatic carbocycles. The molecule has 4 nitrogen and oxygen atoms in total. The van der Waals surface area contributed by atoms with E-state index in [1.807, 2.05) is 36.4 Å². The van der Waals surface area contributed by atoms with Crippen LogP contribution in [0.15, 0.2) is 65.6 Å². The van der Waals surface area contributed by atoms with E-state index in [1.165, 1.54) is 0 Å². The molecule has 0 heterocycles. The first-order valence-electron chi connectivity index (χ1n) is 9.76. The second-order valence-corrected chi connectivity index (χ2v) is 15.2. The fourth-order valence-electron chi connectivity index (χ4n) is 2.68. The van der Waals surface area contributed by atoms with Gasteiger partial charge in [-0.05, 0) is 48.2 Å². The van der Waals surface area contributed by atoms with Crippen molar-refractivity contribution in [2.75, 3.05) is 13.2 Å². The highest BCUT2D eigenvalue weighted by Gasteiger charge is 2.37. The molecular weight excluding hydrogens is 386 g/mol. The molecule has 0 aliphatic heterocycles. The molecule has 154 valence electrons. The number of sulfonamides is 1. The van der Waals surface area contributed by atoms with Gasteiger partial charge in [0.1, 0.15) is 0 Å². The van der Waals surface area contributed by atoms with Gasteiger partial charge in [0.25, 0.3) is 0 Å². The fourth-order valence-corrected chi connectivity index (χ4v) is 4.84. The highest BCUT2D eigenvalue weighted by molar-refractivity contribution is 7.89. The van der Waals surface area contributed by atoms with Gasteiger partial charge >= 0.3 is 0 Å². The van der Waals surface area contributed by atoms with Crippen molar-refractivity contribution in [2.45, 2.75) is 56.1 Å².